The van der Waals surface area contributed by atoms with Gasteiger partial charge in [0.05, 0.1) is 6.04 Å². The van der Waals surface area contributed by atoms with Gasteiger partial charge in [-0.2, -0.15) is 0 Å². The summed E-state index contributed by atoms with van der Waals surface area (Å²) in [6.45, 7) is 6.08. The van der Waals surface area contributed by atoms with E-state index in [0.29, 0.717) is 5.92 Å². The molecule has 0 radical (unpaired) electrons. The minimum atomic E-state index is -0.519. The smallest absolute Gasteiger partial charge is 0.261 e. The van der Waals surface area contributed by atoms with E-state index < -0.39 is 6.10 Å². The molecule has 0 bridgehead atoms. The molecule has 25 heavy (non-hydrogen) atoms. The zero-order chi connectivity index (χ0) is 17.8. The number of carbonyl (C=O) groups excluding carboxylic acids is 1. The van der Waals surface area contributed by atoms with Gasteiger partial charge in [-0.25, -0.2) is 0 Å². The molecule has 0 fully saturated rings. The van der Waals surface area contributed by atoms with Gasteiger partial charge in [0.15, 0.2) is 6.10 Å². The maximum absolute atomic E-state index is 12.7. The highest BCUT2D eigenvalue weighted by atomic mass is 16.5. The van der Waals surface area contributed by atoms with Gasteiger partial charge in [-0.3, -0.25) is 4.79 Å². The lowest BCUT2D eigenvalue weighted by Gasteiger charge is -2.28. The van der Waals surface area contributed by atoms with Crippen LogP contribution in [0.4, 0.5) is 0 Å². The highest BCUT2D eigenvalue weighted by molar-refractivity contribution is 5.81. The molecule has 132 valence electrons. The van der Waals surface area contributed by atoms with Gasteiger partial charge in [0, 0.05) is 0 Å². The van der Waals surface area contributed by atoms with Crippen molar-refractivity contribution in [3.63, 3.8) is 0 Å². The van der Waals surface area contributed by atoms with Gasteiger partial charge in [0.2, 0.25) is 0 Å². The van der Waals surface area contributed by atoms with Crippen molar-refractivity contribution < 1.29 is 9.53 Å². The fourth-order valence-electron chi connectivity index (χ4n) is 3.50. The van der Waals surface area contributed by atoms with E-state index in [1.165, 1.54) is 11.1 Å². The van der Waals surface area contributed by atoms with Crippen LogP contribution in [-0.4, -0.2) is 12.0 Å². The van der Waals surface area contributed by atoms with Crippen molar-refractivity contribution in [1.82, 2.24) is 5.32 Å². The SMILES string of the molecule is CC(C)c1ccccc1O[C@@H](C)C(=O)N[C@H]1CCCc2ccccc21. The average molecular weight is 337 g/mol. The van der Waals surface area contributed by atoms with Crippen LogP contribution < -0.4 is 10.1 Å². The Hall–Kier alpha value is -2.29. The molecule has 1 aliphatic rings. The van der Waals surface area contributed by atoms with E-state index in [4.69, 9.17) is 4.74 Å². The van der Waals surface area contributed by atoms with Crippen molar-refractivity contribution >= 4 is 5.91 Å². The number of para-hydroxylation sites is 1. The fourth-order valence-corrected chi connectivity index (χ4v) is 3.50. The summed E-state index contributed by atoms with van der Waals surface area (Å²) in [7, 11) is 0. The van der Waals surface area contributed by atoms with E-state index in [1.807, 2.05) is 31.2 Å². The summed E-state index contributed by atoms with van der Waals surface area (Å²) < 4.78 is 5.99. The molecule has 2 atom stereocenters. The van der Waals surface area contributed by atoms with Crippen LogP contribution in [-0.2, 0) is 11.2 Å². The first kappa shape index (κ1) is 17.5. The fraction of sp³-hybridized carbons (Fsp3) is 0.409. The molecular weight excluding hydrogens is 310 g/mol. The number of amides is 1. The number of fused-ring (bicyclic) bond motifs is 1. The van der Waals surface area contributed by atoms with Crippen LogP contribution in [0.3, 0.4) is 0 Å². The molecule has 2 aromatic rings. The summed E-state index contributed by atoms with van der Waals surface area (Å²) >= 11 is 0. The second-order valence-corrected chi connectivity index (χ2v) is 7.10. The second-order valence-electron chi connectivity index (χ2n) is 7.10. The summed E-state index contributed by atoms with van der Waals surface area (Å²) in [5.74, 6) is 1.10. The monoisotopic (exact) mass is 337 g/mol. The van der Waals surface area contributed by atoms with Crippen molar-refractivity contribution in [2.75, 3.05) is 0 Å². The topological polar surface area (TPSA) is 38.3 Å². The molecule has 0 aromatic heterocycles. The molecule has 0 saturated carbocycles. The molecule has 1 amide bonds. The van der Waals surface area contributed by atoms with Gasteiger partial charge in [0.1, 0.15) is 5.75 Å². The second kappa shape index (κ2) is 7.73. The van der Waals surface area contributed by atoms with Gasteiger partial charge in [0.25, 0.3) is 5.91 Å². The van der Waals surface area contributed by atoms with E-state index in [9.17, 15) is 4.79 Å². The molecule has 3 nitrogen and oxygen atoms in total. The average Bonchev–Trinajstić information content (AvgIpc) is 2.62. The van der Waals surface area contributed by atoms with Gasteiger partial charge in [-0.15, -0.1) is 0 Å². The number of nitrogens with one attached hydrogen (secondary N) is 1. The number of carbonyl (C=O) groups is 1. The third kappa shape index (κ3) is 4.04. The minimum Gasteiger partial charge on any atom is -0.481 e. The van der Waals surface area contributed by atoms with E-state index >= 15 is 0 Å². The Morgan fingerprint density at radius 2 is 1.80 bits per heavy atom. The summed E-state index contributed by atoms with van der Waals surface area (Å²) in [4.78, 5) is 12.7. The Balaban J connectivity index is 1.68. The van der Waals surface area contributed by atoms with Crippen molar-refractivity contribution in [2.45, 2.75) is 58.1 Å². The maximum atomic E-state index is 12.7. The van der Waals surface area contributed by atoms with Crippen molar-refractivity contribution in [2.24, 2.45) is 0 Å². The van der Waals surface area contributed by atoms with E-state index in [0.717, 1.165) is 30.6 Å². The van der Waals surface area contributed by atoms with Gasteiger partial charge in [-0.05, 0) is 54.9 Å². The van der Waals surface area contributed by atoms with Crippen LogP contribution in [0.2, 0.25) is 0 Å². The third-order valence-electron chi connectivity index (χ3n) is 4.90. The zero-order valence-electron chi connectivity index (χ0n) is 15.3. The van der Waals surface area contributed by atoms with Crippen molar-refractivity contribution in [3.05, 3.63) is 65.2 Å². The summed E-state index contributed by atoms with van der Waals surface area (Å²) in [5.41, 5.74) is 3.72. The molecule has 3 rings (SSSR count). The predicted molar refractivity (Wildman–Crippen MR) is 101 cm³/mol. The number of ether oxygens (including phenoxy) is 1. The Bertz CT molecular complexity index is 738. The summed E-state index contributed by atoms with van der Waals surface area (Å²) in [6.07, 6.45) is 2.66. The normalized spacial score (nSPS) is 17.7. The zero-order valence-corrected chi connectivity index (χ0v) is 15.3. The number of benzene rings is 2. The molecular formula is C22H27NO2. The molecule has 2 aromatic carbocycles. The van der Waals surface area contributed by atoms with Gasteiger partial charge < -0.3 is 10.1 Å². The first-order valence-electron chi connectivity index (χ1n) is 9.20. The van der Waals surface area contributed by atoms with E-state index in [1.54, 1.807) is 0 Å². The summed E-state index contributed by atoms with van der Waals surface area (Å²) in [5, 5.41) is 3.18. The van der Waals surface area contributed by atoms with Crippen molar-refractivity contribution in [1.29, 1.82) is 0 Å². The highest BCUT2D eigenvalue weighted by Crippen LogP contribution is 2.30. The molecule has 0 spiro atoms. The van der Waals surface area contributed by atoms with Crippen LogP contribution in [0.5, 0.6) is 5.75 Å². The molecule has 0 aliphatic heterocycles. The van der Waals surface area contributed by atoms with Crippen LogP contribution in [0.25, 0.3) is 0 Å². The van der Waals surface area contributed by atoms with Gasteiger partial charge in [-0.1, -0.05) is 56.3 Å². The number of hydrogen-bond acceptors (Lipinski definition) is 2. The minimum absolute atomic E-state index is 0.0553. The van der Waals surface area contributed by atoms with Crippen LogP contribution in [0, 0.1) is 0 Å². The molecule has 0 saturated heterocycles. The van der Waals surface area contributed by atoms with E-state index in [-0.39, 0.29) is 11.9 Å². The number of rotatable bonds is 5. The molecule has 0 unspecified atom stereocenters. The first-order valence-corrected chi connectivity index (χ1v) is 9.20. The molecule has 0 heterocycles. The number of hydrogen-bond donors (Lipinski definition) is 1. The predicted octanol–water partition coefficient (Wildman–Crippen LogP) is 4.77. The van der Waals surface area contributed by atoms with Crippen LogP contribution in [0.15, 0.2) is 48.5 Å². The van der Waals surface area contributed by atoms with Gasteiger partial charge >= 0.3 is 0 Å². The van der Waals surface area contributed by atoms with Crippen molar-refractivity contribution in [3.8, 4) is 5.75 Å². The Kier molecular flexibility index (Phi) is 5.42. The third-order valence-corrected chi connectivity index (χ3v) is 4.90. The molecule has 3 heteroatoms. The Labute approximate surface area is 150 Å². The lowest BCUT2D eigenvalue weighted by atomic mass is 9.87. The van der Waals surface area contributed by atoms with Crippen LogP contribution in [0.1, 0.15) is 62.3 Å². The molecule has 1 aliphatic carbocycles. The lowest BCUT2D eigenvalue weighted by Crippen LogP contribution is -2.39. The largest absolute Gasteiger partial charge is 0.481 e. The quantitative estimate of drug-likeness (QED) is 0.853. The number of aryl methyl sites for hydroxylation is 1. The standard InChI is InChI=1S/C22H27NO2/c1-15(2)18-11-6-7-14-21(18)25-16(3)22(24)23-20-13-8-10-17-9-4-5-12-19(17)20/h4-7,9,11-12,14-16,20H,8,10,13H2,1-3H3,(H,23,24)/t16-,20-/m0/s1. The Morgan fingerprint density at radius 1 is 1.08 bits per heavy atom. The highest BCUT2D eigenvalue weighted by Gasteiger charge is 2.24. The van der Waals surface area contributed by atoms with E-state index in [2.05, 4.69) is 43.4 Å². The summed E-state index contributed by atoms with van der Waals surface area (Å²) in [6, 6.07) is 16.4. The lowest BCUT2D eigenvalue weighted by molar-refractivity contribution is -0.128. The molecule has 1 N–H and O–H groups in total. The van der Waals surface area contributed by atoms with Crippen LogP contribution >= 0.6 is 0 Å². The first-order chi connectivity index (χ1) is 12.1. The maximum Gasteiger partial charge on any atom is 0.261 e. The Morgan fingerprint density at radius 3 is 2.60 bits per heavy atom.